The normalized spacial score (nSPS) is 11.3. The fraction of sp³-hybridized carbons (Fsp3) is 0.0435. The zero-order valence-electron chi connectivity index (χ0n) is 17.6. The van der Waals surface area contributed by atoms with Crippen LogP contribution in [0.15, 0.2) is 48.8 Å². The van der Waals surface area contributed by atoms with Crippen LogP contribution in [0.25, 0.3) is 28.0 Å². The number of pyridine rings is 1. The Kier molecular flexibility index (Phi) is 5.27. The number of benzene rings is 2. The number of nitrogens with two attached hydrogens (primary N) is 2. The van der Waals surface area contributed by atoms with Crippen LogP contribution in [0.1, 0.15) is 11.3 Å². The molecule has 3 aromatic heterocycles. The maximum absolute atomic E-state index is 14.3. The monoisotopic (exact) mass is 483 g/mol. The van der Waals surface area contributed by atoms with E-state index in [1.54, 1.807) is 0 Å². The lowest BCUT2D eigenvalue weighted by molar-refractivity contribution is 0.482. The molecular weight excluding hydrogens is 469 g/mol. The molecule has 0 amide bonds. The summed E-state index contributed by atoms with van der Waals surface area (Å²) in [6.07, 6.45) is 1.85. The van der Waals surface area contributed by atoms with Gasteiger partial charge in [-0.05, 0) is 36.4 Å². The fourth-order valence-electron chi connectivity index (χ4n) is 3.76. The molecule has 0 fully saturated rings. The number of nitrogen functional groups attached to an aromatic ring is 2. The van der Waals surface area contributed by atoms with Crippen molar-refractivity contribution in [1.29, 1.82) is 0 Å². The average molecular weight is 483 g/mol. The largest absolute Gasteiger partial charge is 0.383 e. The summed E-state index contributed by atoms with van der Waals surface area (Å²) in [5.74, 6) is -5.20. The molecule has 4 N–H and O–H groups in total. The molecule has 12 heteroatoms. The number of hydrogen-bond acceptors (Lipinski definition) is 6. The van der Waals surface area contributed by atoms with Gasteiger partial charge in [-0.25, -0.2) is 22.0 Å². The molecule has 0 aliphatic heterocycles. The molecule has 0 saturated heterocycles. The number of rotatable bonds is 4. The van der Waals surface area contributed by atoms with Crippen molar-refractivity contribution in [2.45, 2.75) is 6.42 Å². The van der Waals surface area contributed by atoms with Crippen molar-refractivity contribution in [3.63, 3.8) is 0 Å². The van der Waals surface area contributed by atoms with Crippen LogP contribution >= 0.6 is 0 Å². The Morgan fingerprint density at radius 3 is 2.23 bits per heavy atom. The summed E-state index contributed by atoms with van der Waals surface area (Å²) in [6.45, 7) is 0. The van der Waals surface area contributed by atoms with Crippen LogP contribution in [0.5, 0.6) is 0 Å². The van der Waals surface area contributed by atoms with Crippen LogP contribution in [0.2, 0.25) is 0 Å². The van der Waals surface area contributed by atoms with E-state index in [1.165, 1.54) is 16.9 Å². The third kappa shape index (κ3) is 3.88. The van der Waals surface area contributed by atoms with E-state index >= 15 is 0 Å². The van der Waals surface area contributed by atoms with Crippen molar-refractivity contribution in [2.75, 3.05) is 11.5 Å². The number of aromatic nitrogens is 5. The second-order valence-corrected chi connectivity index (χ2v) is 7.58. The van der Waals surface area contributed by atoms with E-state index in [2.05, 4.69) is 20.1 Å². The number of halogens is 5. The second-order valence-electron chi connectivity index (χ2n) is 7.58. The molecular formula is C23H14F5N7. The van der Waals surface area contributed by atoms with Crippen molar-refractivity contribution in [1.82, 2.24) is 24.7 Å². The average Bonchev–Trinajstić information content (AvgIpc) is 3.16. The summed E-state index contributed by atoms with van der Waals surface area (Å²) >= 11 is 0. The van der Waals surface area contributed by atoms with E-state index in [0.717, 1.165) is 30.5 Å². The smallest absolute Gasteiger partial charge is 0.255 e. The van der Waals surface area contributed by atoms with E-state index in [1.807, 2.05) is 0 Å². The zero-order chi connectivity index (χ0) is 24.9. The first-order valence-electron chi connectivity index (χ1n) is 10.1. The first-order chi connectivity index (χ1) is 16.7. The Bertz CT molecular complexity index is 1590. The summed E-state index contributed by atoms with van der Waals surface area (Å²) in [5, 5.41) is 4.48. The van der Waals surface area contributed by atoms with Gasteiger partial charge in [0, 0.05) is 29.1 Å². The van der Waals surface area contributed by atoms with Gasteiger partial charge in [-0.1, -0.05) is 0 Å². The highest BCUT2D eigenvalue weighted by atomic mass is 19.2. The van der Waals surface area contributed by atoms with E-state index < -0.39 is 41.1 Å². The van der Waals surface area contributed by atoms with Gasteiger partial charge in [-0.15, -0.1) is 0 Å². The van der Waals surface area contributed by atoms with E-state index in [0.29, 0.717) is 6.07 Å². The first-order valence-corrected chi connectivity index (χ1v) is 10.1. The molecule has 0 aliphatic rings. The van der Waals surface area contributed by atoms with Gasteiger partial charge in [0.2, 0.25) is 0 Å². The molecule has 176 valence electrons. The zero-order valence-corrected chi connectivity index (χ0v) is 17.6. The Balaban J connectivity index is 1.67. The summed E-state index contributed by atoms with van der Waals surface area (Å²) in [6, 6.07) is 6.23. The number of fused-ring (bicyclic) bond motifs is 1. The van der Waals surface area contributed by atoms with Gasteiger partial charge in [0.25, 0.3) is 5.95 Å². The molecule has 5 aromatic rings. The second kappa shape index (κ2) is 8.31. The molecule has 5 rings (SSSR count). The number of nitrogens with zero attached hydrogens (tertiary/aromatic N) is 5. The highest BCUT2D eigenvalue weighted by Gasteiger charge is 2.22. The maximum atomic E-state index is 14.3. The lowest BCUT2D eigenvalue weighted by Crippen LogP contribution is -2.10. The predicted octanol–water partition coefficient (Wildman–Crippen LogP) is 4.33. The maximum Gasteiger partial charge on any atom is 0.255 e. The molecule has 3 heterocycles. The quantitative estimate of drug-likeness (QED) is 0.291. The van der Waals surface area contributed by atoms with Crippen LogP contribution in [-0.4, -0.2) is 24.7 Å². The molecule has 0 unspecified atom stereocenters. The van der Waals surface area contributed by atoms with Gasteiger partial charge in [-0.3, -0.25) is 4.98 Å². The minimum absolute atomic E-state index is 0.0297. The Labute approximate surface area is 193 Å². The molecule has 35 heavy (non-hydrogen) atoms. The number of hydrogen-bond donors (Lipinski definition) is 2. The topological polar surface area (TPSA) is 109 Å². The summed E-state index contributed by atoms with van der Waals surface area (Å²) < 4.78 is 71.1. The van der Waals surface area contributed by atoms with Crippen LogP contribution in [0.4, 0.5) is 33.6 Å². The minimum atomic E-state index is -1.37. The molecule has 0 aliphatic carbocycles. The van der Waals surface area contributed by atoms with E-state index in [4.69, 9.17) is 11.5 Å². The van der Waals surface area contributed by atoms with Crippen LogP contribution in [-0.2, 0) is 6.42 Å². The van der Waals surface area contributed by atoms with Crippen molar-refractivity contribution >= 4 is 22.5 Å². The van der Waals surface area contributed by atoms with Crippen LogP contribution in [0.3, 0.4) is 0 Å². The van der Waals surface area contributed by atoms with Gasteiger partial charge in [0.1, 0.15) is 29.1 Å². The van der Waals surface area contributed by atoms with E-state index in [9.17, 15) is 22.0 Å². The van der Waals surface area contributed by atoms with Crippen molar-refractivity contribution in [3.8, 4) is 17.1 Å². The molecule has 2 aromatic carbocycles. The third-order valence-corrected chi connectivity index (χ3v) is 5.34. The SMILES string of the molecule is Nc1nc(-n2nc(Cc3c(F)ccc(F)c3F)c3cc(F)ccc32)nc(N)c1-c1cncc(F)c1. The molecule has 0 atom stereocenters. The number of anilines is 2. The summed E-state index contributed by atoms with van der Waals surface area (Å²) in [5.41, 5.74) is 12.3. The van der Waals surface area contributed by atoms with Crippen molar-refractivity contribution in [3.05, 3.63) is 89.1 Å². The van der Waals surface area contributed by atoms with Crippen molar-refractivity contribution < 1.29 is 22.0 Å². The van der Waals surface area contributed by atoms with Gasteiger partial charge < -0.3 is 11.5 Å². The third-order valence-electron chi connectivity index (χ3n) is 5.34. The van der Waals surface area contributed by atoms with Crippen molar-refractivity contribution in [2.24, 2.45) is 0 Å². The molecule has 0 saturated carbocycles. The van der Waals surface area contributed by atoms with Crippen LogP contribution in [0, 0.1) is 29.1 Å². The Hall–Kier alpha value is -4.61. The highest BCUT2D eigenvalue weighted by molar-refractivity contribution is 5.85. The Morgan fingerprint density at radius 1 is 0.800 bits per heavy atom. The lowest BCUT2D eigenvalue weighted by atomic mass is 10.1. The lowest BCUT2D eigenvalue weighted by Gasteiger charge is -2.10. The minimum Gasteiger partial charge on any atom is -0.383 e. The molecule has 0 bridgehead atoms. The molecule has 7 nitrogen and oxygen atoms in total. The highest BCUT2D eigenvalue weighted by Crippen LogP contribution is 2.32. The van der Waals surface area contributed by atoms with Gasteiger partial charge >= 0.3 is 0 Å². The molecule has 0 radical (unpaired) electrons. The molecule has 0 spiro atoms. The van der Waals surface area contributed by atoms with Gasteiger partial charge in [0.05, 0.1) is 23.0 Å². The summed E-state index contributed by atoms with van der Waals surface area (Å²) in [7, 11) is 0. The standard InChI is InChI=1S/C23H14F5N7/c24-11-1-4-18-14(6-11)17(7-13-15(26)2-3-16(27)20(13)28)34-35(18)23-32-21(29)19(22(30)33-23)10-5-12(25)9-31-8-10/h1-6,8-9H,7H2,(H4,29,30,32,33). The van der Waals surface area contributed by atoms with Gasteiger partial charge in [0.15, 0.2) is 11.6 Å². The Morgan fingerprint density at radius 2 is 1.51 bits per heavy atom. The van der Waals surface area contributed by atoms with Gasteiger partial charge in [-0.2, -0.15) is 19.7 Å². The first kappa shape index (κ1) is 22.2. The summed E-state index contributed by atoms with van der Waals surface area (Å²) in [4.78, 5) is 12.1. The van der Waals surface area contributed by atoms with E-state index in [-0.39, 0.29) is 45.3 Å². The predicted molar refractivity (Wildman–Crippen MR) is 118 cm³/mol. The van der Waals surface area contributed by atoms with Crippen LogP contribution < -0.4 is 11.5 Å². The fourth-order valence-corrected chi connectivity index (χ4v) is 3.76.